The number of imidazole rings is 1. The average molecular weight is 308 g/mol. The lowest BCUT2D eigenvalue weighted by molar-refractivity contribution is 0.346. The molecule has 2 heterocycles. The van der Waals surface area contributed by atoms with Crippen molar-refractivity contribution in [3.05, 3.63) is 55.9 Å². The van der Waals surface area contributed by atoms with Crippen molar-refractivity contribution < 1.29 is 9.47 Å². The molecule has 6 heteroatoms. The fraction of sp³-hybridized carbons (Fsp3) is 0.118. The number of aromatic nitrogens is 4. The van der Waals surface area contributed by atoms with Crippen molar-refractivity contribution in [2.75, 3.05) is 13.2 Å². The van der Waals surface area contributed by atoms with E-state index in [1.54, 1.807) is 24.5 Å². The van der Waals surface area contributed by atoms with Gasteiger partial charge in [-0.3, -0.25) is 0 Å². The number of benzene rings is 1. The third-order valence-electron chi connectivity index (χ3n) is 3.13. The lowest BCUT2D eigenvalue weighted by atomic mass is 10.2. The molecule has 0 atom stereocenters. The Bertz CT molecular complexity index is 808. The lowest BCUT2D eigenvalue weighted by Gasteiger charge is -2.11. The topological polar surface area (TPSA) is 72.9 Å². The first-order valence-corrected chi connectivity index (χ1v) is 7.10. The fourth-order valence-electron chi connectivity index (χ4n) is 2.12. The summed E-state index contributed by atoms with van der Waals surface area (Å²) in [5, 5.41) is 7.68. The van der Waals surface area contributed by atoms with Crippen LogP contribution in [0, 0.1) is 0 Å². The Hall–Kier alpha value is -3.15. The van der Waals surface area contributed by atoms with Gasteiger partial charge in [0.05, 0.1) is 23.5 Å². The van der Waals surface area contributed by atoms with Gasteiger partial charge in [-0.2, -0.15) is 10.2 Å². The molecule has 1 aromatic carbocycles. The molecule has 0 aliphatic heterocycles. The van der Waals surface area contributed by atoms with Crippen LogP contribution in [-0.4, -0.2) is 33.4 Å². The number of fused-ring (bicyclic) bond motifs is 1. The van der Waals surface area contributed by atoms with E-state index in [2.05, 4.69) is 33.3 Å². The minimum atomic E-state index is 0.390. The van der Waals surface area contributed by atoms with E-state index in [4.69, 9.17) is 9.47 Å². The van der Waals surface area contributed by atoms with Crippen LogP contribution in [0.4, 0.5) is 0 Å². The predicted octanol–water partition coefficient (Wildman–Crippen LogP) is 3.15. The summed E-state index contributed by atoms with van der Waals surface area (Å²) in [6.45, 7) is 8.14. The van der Waals surface area contributed by atoms with Crippen LogP contribution in [-0.2, 0) is 0 Å². The van der Waals surface area contributed by atoms with Crippen molar-refractivity contribution in [1.29, 1.82) is 0 Å². The van der Waals surface area contributed by atoms with Crippen molar-refractivity contribution in [3.63, 3.8) is 0 Å². The van der Waals surface area contributed by atoms with Crippen molar-refractivity contribution in [1.82, 2.24) is 20.2 Å². The van der Waals surface area contributed by atoms with Gasteiger partial charge in [-0.25, -0.2) is 4.98 Å². The van der Waals surface area contributed by atoms with Crippen LogP contribution in [0.2, 0.25) is 0 Å². The Morgan fingerprint density at radius 3 is 2.61 bits per heavy atom. The van der Waals surface area contributed by atoms with Gasteiger partial charge in [0.15, 0.2) is 0 Å². The van der Waals surface area contributed by atoms with Crippen LogP contribution < -0.4 is 9.47 Å². The van der Waals surface area contributed by atoms with Crippen LogP contribution in [0.3, 0.4) is 0 Å². The highest BCUT2D eigenvalue weighted by molar-refractivity contribution is 5.79. The Morgan fingerprint density at radius 2 is 1.83 bits per heavy atom. The average Bonchev–Trinajstić information content (AvgIpc) is 3.02. The van der Waals surface area contributed by atoms with Crippen LogP contribution in [0.25, 0.3) is 22.4 Å². The Labute approximate surface area is 133 Å². The van der Waals surface area contributed by atoms with Gasteiger partial charge in [0.1, 0.15) is 36.1 Å². The fourth-order valence-corrected chi connectivity index (χ4v) is 2.12. The predicted molar refractivity (Wildman–Crippen MR) is 88.5 cm³/mol. The summed E-state index contributed by atoms with van der Waals surface area (Å²) in [6.07, 6.45) is 6.63. The zero-order valence-corrected chi connectivity index (χ0v) is 12.5. The maximum atomic E-state index is 5.74. The SMILES string of the molecule is C=CCOc1ccc(-c2nc3cnncc3[nH]2)c(OCC=C)c1. The van der Waals surface area contributed by atoms with E-state index in [-0.39, 0.29) is 0 Å². The lowest BCUT2D eigenvalue weighted by Crippen LogP contribution is -1.98. The molecule has 116 valence electrons. The Balaban J connectivity index is 2.01. The third kappa shape index (κ3) is 3.21. The van der Waals surface area contributed by atoms with E-state index >= 15 is 0 Å². The van der Waals surface area contributed by atoms with Gasteiger partial charge in [0, 0.05) is 6.07 Å². The van der Waals surface area contributed by atoms with E-state index in [9.17, 15) is 0 Å². The quantitative estimate of drug-likeness (QED) is 0.679. The number of hydrogen-bond acceptors (Lipinski definition) is 5. The van der Waals surface area contributed by atoms with Crippen LogP contribution in [0.1, 0.15) is 0 Å². The molecule has 0 spiro atoms. The molecule has 0 bridgehead atoms. The molecule has 0 saturated heterocycles. The van der Waals surface area contributed by atoms with Gasteiger partial charge >= 0.3 is 0 Å². The second-order valence-corrected chi connectivity index (χ2v) is 4.73. The summed E-state index contributed by atoms with van der Waals surface area (Å²) in [4.78, 5) is 7.74. The zero-order valence-electron chi connectivity index (χ0n) is 12.5. The van der Waals surface area contributed by atoms with E-state index in [0.29, 0.717) is 30.5 Å². The normalized spacial score (nSPS) is 10.4. The molecule has 3 aromatic rings. The first-order valence-electron chi connectivity index (χ1n) is 7.10. The van der Waals surface area contributed by atoms with Gasteiger partial charge in [-0.15, -0.1) is 0 Å². The minimum Gasteiger partial charge on any atom is -0.489 e. The number of hydrogen-bond donors (Lipinski definition) is 1. The summed E-state index contributed by atoms with van der Waals surface area (Å²) < 4.78 is 11.3. The zero-order chi connectivity index (χ0) is 16.1. The van der Waals surface area contributed by atoms with E-state index in [1.807, 2.05) is 18.2 Å². The second-order valence-electron chi connectivity index (χ2n) is 4.73. The molecule has 0 unspecified atom stereocenters. The first kappa shape index (κ1) is 14.8. The third-order valence-corrected chi connectivity index (χ3v) is 3.13. The monoisotopic (exact) mass is 308 g/mol. The van der Waals surface area contributed by atoms with Gasteiger partial charge in [0.25, 0.3) is 0 Å². The highest BCUT2D eigenvalue weighted by atomic mass is 16.5. The van der Waals surface area contributed by atoms with Crippen LogP contribution >= 0.6 is 0 Å². The first-order chi connectivity index (χ1) is 11.3. The van der Waals surface area contributed by atoms with E-state index in [1.165, 1.54) is 0 Å². The number of nitrogens with zero attached hydrogens (tertiary/aromatic N) is 3. The van der Waals surface area contributed by atoms with E-state index < -0.39 is 0 Å². The molecule has 0 saturated carbocycles. The number of nitrogens with one attached hydrogen (secondary N) is 1. The maximum absolute atomic E-state index is 5.74. The number of H-pyrrole nitrogens is 1. The van der Waals surface area contributed by atoms with E-state index in [0.717, 1.165) is 16.6 Å². The van der Waals surface area contributed by atoms with Gasteiger partial charge in [-0.1, -0.05) is 25.3 Å². The van der Waals surface area contributed by atoms with Gasteiger partial charge in [-0.05, 0) is 12.1 Å². The summed E-state index contributed by atoms with van der Waals surface area (Å²) in [6, 6.07) is 5.59. The molecule has 6 nitrogen and oxygen atoms in total. The summed E-state index contributed by atoms with van der Waals surface area (Å²) >= 11 is 0. The minimum absolute atomic E-state index is 0.390. The second kappa shape index (κ2) is 6.74. The molecular formula is C17H16N4O2. The molecule has 0 aliphatic carbocycles. The molecule has 3 rings (SSSR count). The van der Waals surface area contributed by atoms with Crippen LogP contribution in [0.15, 0.2) is 55.9 Å². The summed E-state index contributed by atoms with van der Waals surface area (Å²) in [5.74, 6) is 2.04. The van der Waals surface area contributed by atoms with Crippen molar-refractivity contribution in [2.24, 2.45) is 0 Å². The molecule has 0 radical (unpaired) electrons. The number of rotatable bonds is 7. The summed E-state index contributed by atoms with van der Waals surface area (Å²) in [5.41, 5.74) is 2.39. The van der Waals surface area contributed by atoms with Gasteiger partial charge < -0.3 is 14.5 Å². The Morgan fingerprint density at radius 1 is 1.04 bits per heavy atom. The maximum Gasteiger partial charge on any atom is 0.142 e. The Kier molecular flexibility index (Phi) is 4.33. The standard InChI is InChI=1S/C17H16N4O2/c1-3-7-22-12-5-6-13(16(9-12)23-8-4-2)17-20-14-10-18-19-11-15(14)21-17/h3-6,9-11H,1-2,7-8H2,(H,20,21). The summed E-state index contributed by atoms with van der Waals surface area (Å²) in [7, 11) is 0. The highest BCUT2D eigenvalue weighted by Crippen LogP contribution is 2.33. The molecule has 0 amide bonds. The van der Waals surface area contributed by atoms with Crippen molar-refractivity contribution in [3.8, 4) is 22.9 Å². The van der Waals surface area contributed by atoms with Crippen molar-refractivity contribution >= 4 is 11.0 Å². The molecule has 23 heavy (non-hydrogen) atoms. The highest BCUT2D eigenvalue weighted by Gasteiger charge is 2.12. The molecule has 0 fully saturated rings. The largest absolute Gasteiger partial charge is 0.489 e. The van der Waals surface area contributed by atoms with Gasteiger partial charge in [0.2, 0.25) is 0 Å². The molecule has 1 N–H and O–H groups in total. The smallest absolute Gasteiger partial charge is 0.142 e. The van der Waals surface area contributed by atoms with Crippen LogP contribution in [0.5, 0.6) is 11.5 Å². The molecule has 0 aliphatic rings. The molecule has 2 aromatic heterocycles. The molecular weight excluding hydrogens is 292 g/mol. The number of ether oxygens (including phenoxy) is 2. The number of aromatic amines is 1. The van der Waals surface area contributed by atoms with Crippen molar-refractivity contribution in [2.45, 2.75) is 0 Å².